The summed E-state index contributed by atoms with van der Waals surface area (Å²) in [4.78, 5) is 2.68. The summed E-state index contributed by atoms with van der Waals surface area (Å²) in [7, 11) is 0. The van der Waals surface area contributed by atoms with E-state index in [0.717, 1.165) is 31.8 Å². The third-order valence-corrected chi connectivity index (χ3v) is 4.37. The molecule has 2 heterocycles. The zero-order chi connectivity index (χ0) is 12.1. The second-order valence-electron chi connectivity index (χ2n) is 5.57. The van der Waals surface area contributed by atoms with Crippen LogP contribution in [0.25, 0.3) is 0 Å². The average Bonchev–Trinajstić information content (AvgIpc) is 2.95. The summed E-state index contributed by atoms with van der Waals surface area (Å²) in [5.74, 6) is 0. The fraction of sp³-hybridized carbons (Fsp3) is 1.00. The highest BCUT2D eigenvalue weighted by molar-refractivity contribution is 4.84. The molecule has 2 fully saturated rings. The molecule has 0 amide bonds. The zero-order valence-electron chi connectivity index (χ0n) is 11.5. The summed E-state index contributed by atoms with van der Waals surface area (Å²) in [6.07, 6.45) is 7.04. The zero-order valence-corrected chi connectivity index (χ0v) is 11.5. The van der Waals surface area contributed by atoms with Crippen LogP contribution in [-0.4, -0.2) is 49.3 Å². The number of rotatable bonds is 6. The Labute approximate surface area is 106 Å². The Hall–Kier alpha value is -0.120. The van der Waals surface area contributed by atoms with Crippen LogP contribution in [0.1, 0.15) is 46.0 Å². The van der Waals surface area contributed by atoms with E-state index in [1.807, 2.05) is 0 Å². The first-order valence-electron chi connectivity index (χ1n) is 7.39. The third kappa shape index (κ3) is 3.67. The standard InChI is InChI=1S/C14H28N2O/c1-3-13-7-6-12(2)16(13)9-8-15-11-14-5-4-10-17-14/h12-15H,3-11H2,1-2H3. The molecule has 3 atom stereocenters. The van der Waals surface area contributed by atoms with Gasteiger partial charge in [-0.1, -0.05) is 6.92 Å². The summed E-state index contributed by atoms with van der Waals surface area (Å²) in [5.41, 5.74) is 0. The maximum Gasteiger partial charge on any atom is 0.0700 e. The first kappa shape index (κ1) is 13.3. The number of nitrogens with zero attached hydrogens (tertiary/aromatic N) is 1. The van der Waals surface area contributed by atoms with Crippen LogP contribution in [0.3, 0.4) is 0 Å². The first-order chi connectivity index (χ1) is 8.31. The summed E-state index contributed by atoms with van der Waals surface area (Å²) >= 11 is 0. The quantitative estimate of drug-likeness (QED) is 0.719. The van der Waals surface area contributed by atoms with Crippen molar-refractivity contribution in [3.05, 3.63) is 0 Å². The molecule has 0 aromatic carbocycles. The summed E-state index contributed by atoms with van der Waals surface area (Å²) in [6, 6.07) is 1.61. The SMILES string of the molecule is CCC1CCC(C)N1CCNCC1CCCO1. The van der Waals surface area contributed by atoms with Crippen molar-refractivity contribution >= 4 is 0 Å². The Kier molecular flexibility index (Phi) is 5.26. The van der Waals surface area contributed by atoms with Crippen molar-refractivity contribution in [3.63, 3.8) is 0 Å². The lowest BCUT2D eigenvalue weighted by Crippen LogP contribution is -2.40. The van der Waals surface area contributed by atoms with Gasteiger partial charge in [0, 0.05) is 38.3 Å². The van der Waals surface area contributed by atoms with Gasteiger partial charge in [0.15, 0.2) is 0 Å². The largest absolute Gasteiger partial charge is 0.377 e. The highest BCUT2D eigenvalue weighted by atomic mass is 16.5. The molecule has 17 heavy (non-hydrogen) atoms. The van der Waals surface area contributed by atoms with E-state index in [1.165, 1.54) is 38.6 Å². The highest BCUT2D eigenvalue weighted by Gasteiger charge is 2.28. The molecule has 0 radical (unpaired) electrons. The van der Waals surface area contributed by atoms with Crippen LogP contribution in [0.5, 0.6) is 0 Å². The van der Waals surface area contributed by atoms with E-state index in [1.54, 1.807) is 0 Å². The second kappa shape index (κ2) is 6.72. The fourth-order valence-electron chi connectivity index (χ4n) is 3.24. The van der Waals surface area contributed by atoms with Gasteiger partial charge in [-0.15, -0.1) is 0 Å². The van der Waals surface area contributed by atoms with Crippen LogP contribution < -0.4 is 5.32 Å². The Balaban J connectivity index is 1.60. The highest BCUT2D eigenvalue weighted by Crippen LogP contribution is 2.25. The van der Waals surface area contributed by atoms with Crippen LogP contribution in [-0.2, 0) is 4.74 Å². The van der Waals surface area contributed by atoms with Gasteiger partial charge >= 0.3 is 0 Å². The molecule has 0 aliphatic carbocycles. The lowest BCUT2D eigenvalue weighted by atomic mass is 10.1. The van der Waals surface area contributed by atoms with Gasteiger partial charge in [-0.05, 0) is 39.0 Å². The van der Waals surface area contributed by atoms with Crippen molar-refractivity contribution in [2.24, 2.45) is 0 Å². The van der Waals surface area contributed by atoms with Gasteiger partial charge in [-0.3, -0.25) is 4.90 Å². The Bertz CT molecular complexity index is 216. The van der Waals surface area contributed by atoms with Gasteiger partial charge in [-0.25, -0.2) is 0 Å². The van der Waals surface area contributed by atoms with Gasteiger partial charge in [0.1, 0.15) is 0 Å². The molecule has 100 valence electrons. The van der Waals surface area contributed by atoms with E-state index in [0.29, 0.717) is 6.10 Å². The first-order valence-corrected chi connectivity index (χ1v) is 7.39. The Morgan fingerprint density at radius 1 is 1.29 bits per heavy atom. The predicted octanol–water partition coefficient (Wildman–Crippen LogP) is 2.02. The van der Waals surface area contributed by atoms with Crippen LogP contribution >= 0.6 is 0 Å². The van der Waals surface area contributed by atoms with Crippen molar-refractivity contribution in [2.45, 2.75) is 64.1 Å². The molecule has 1 N–H and O–H groups in total. The van der Waals surface area contributed by atoms with Gasteiger partial charge in [0.25, 0.3) is 0 Å². The second-order valence-corrected chi connectivity index (χ2v) is 5.57. The van der Waals surface area contributed by atoms with Crippen LogP contribution in [0.15, 0.2) is 0 Å². The van der Waals surface area contributed by atoms with E-state index in [9.17, 15) is 0 Å². The maximum absolute atomic E-state index is 5.61. The fourth-order valence-corrected chi connectivity index (χ4v) is 3.24. The predicted molar refractivity (Wildman–Crippen MR) is 71.3 cm³/mol. The molecule has 3 unspecified atom stereocenters. The average molecular weight is 240 g/mol. The smallest absolute Gasteiger partial charge is 0.0700 e. The van der Waals surface area contributed by atoms with Gasteiger partial charge < -0.3 is 10.1 Å². The monoisotopic (exact) mass is 240 g/mol. The number of nitrogens with one attached hydrogen (secondary N) is 1. The Morgan fingerprint density at radius 2 is 2.18 bits per heavy atom. The summed E-state index contributed by atoms with van der Waals surface area (Å²) in [5, 5.41) is 3.55. The maximum atomic E-state index is 5.61. The molecule has 2 saturated heterocycles. The molecule has 3 nitrogen and oxygen atoms in total. The minimum Gasteiger partial charge on any atom is -0.377 e. The molecule has 2 rings (SSSR count). The molecular weight excluding hydrogens is 212 g/mol. The number of hydrogen-bond acceptors (Lipinski definition) is 3. The molecule has 2 aliphatic rings. The van der Waals surface area contributed by atoms with Crippen molar-refractivity contribution in [1.29, 1.82) is 0 Å². The molecular formula is C14H28N2O. The minimum absolute atomic E-state index is 0.480. The van der Waals surface area contributed by atoms with E-state index in [4.69, 9.17) is 4.74 Å². The molecule has 0 saturated carbocycles. The molecule has 3 heteroatoms. The molecule has 0 aromatic rings. The van der Waals surface area contributed by atoms with Crippen LogP contribution in [0.4, 0.5) is 0 Å². The Morgan fingerprint density at radius 3 is 2.88 bits per heavy atom. The normalized spacial score (nSPS) is 34.6. The molecule has 2 aliphatic heterocycles. The van der Waals surface area contributed by atoms with Crippen LogP contribution in [0.2, 0.25) is 0 Å². The van der Waals surface area contributed by atoms with Crippen molar-refractivity contribution in [3.8, 4) is 0 Å². The number of hydrogen-bond donors (Lipinski definition) is 1. The van der Waals surface area contributed by atoms with E-state index in [2.05, 4.69) is 24.1 Å². The third-order valence-electron chi connectivity index (χ3n) is 4.37. The minimum atomic E-state index is 0.480. The summed E-state index contributed by atoms with van der Waals surface area (Å²) < 4.78 is 5.61. The van der Waals surface area contributed by atoms with E-state index in [-0.39, 0.29) is 0 Å². The summed E-state index contributed by atoms with van der Waals surface area (Å²) in [6.45, 7) is 9.00. The number of likely N-dealkylation sites (tertiary alicyclic amines) is 1. The number of ether oxygens (including phenoxy) is 1. The van der Waals surface area contributed by atoms with Gasteiger partial charge in [0.05, 0.1) is 6.10 Å². The van der Waals surface area contributed by atoms with Crippen molar-refractivity contribution < 1.29 is 4.74 Å². The molecule has 0 spiro atoms. The topological polar surface area (TPSA) is 24.5 Å². The van der Waals surface area contributed by atoms with Gasteiger partial charge in [0.2, 0.25) is 0 Å². The molecule has 0 bridgehead atoms. The lowest BCUT2D eigenvalue weighted by molar-refractivity contribution is 0.108. The van der Waals surface area contributed by atoms with Crippen molar-refractivity contribution in [2.75, 3.05) is 26.2 Å². The van der Waals surface area contributed by atoms with E-state index >= 15 is 0 Å². The van der Waals surface area contributed by atoms with E-state index < -0.39 is 0 Å². The van der Waals surface area contributed by atoms with Gasteiger partial charge in [-0.2, -0.15) is 0 Å². The van der Waals surface area contributed by atoms with Crippen LogP contribution in [0, 0.1) is 0 Å². The lowest BCUT2D eigenvalue weighted by Gasteiger charge is -2.27. The molecule has 0 aromatic heterocycles. The van der Waals surface area contributed by atoms with Crippen molar-refractivity contribution in [1.82, 2.24) is 10.2 Å².